The van der Waals surface area contributed by atoms with E-state index in [0.29, 0.717) is 13.1 Å². The first-order valence-electron chi connectivity index (χ1n) is 7.58. The molecule has 0 saturated heterocycles. The summed E-state index contributed by atoms with van der Waals surface area (Å²) >= 11 is 0. The highest BCUT2D eigenvalue weighted by Crippen LogP contribution is 2.29. The van der Waals surface area contributed by atoms with Crippen LogP contribution in [-0.4, -0.2) is 41.6 Å². The number of carbonyl (C=O) groups is 2. The normalized spacial score (nSPS) is 17.4. The maximum atomic E-state index is 12.1. The molecule has 1 aliphatic rings. The molecule has 2 N–H and O–H groups in total. The Balaban J connectivity index is 2.52. The van der Waals surface area contributed by atoms with Crippen molar-refractivity contribution in [1.29, 1.82) is 0 Å². The van der Waals surface area contributed by atoms with E-state index in [1.807, 2.05) is 13.8 Å². The molecule has 1 atom stereocenters. The molecule has 1 heterocycles. The number of amides is 2. The highest BCUT2D eigenvalue weighted by molar-refractivity contribution is 5.76. The molecule has 2 amide bonds. The summed E-state index contributed by atoms with van der Waals surface area (Å²) in [6.07, 6.45) is 2.99. The third-order valence-corrected chi connectivity index (χ3v) is 4.05. The summed E-state index contributed by atoms with van der Waals surface area (Å²) in [6.45, 7) is 11.7. The van der Waals surface area contributed by atoms with Crippen LogP contribution in [0.15, 0.2) is 11.6 Å². The summed E-state index contributed by atoms with van der Waals surface area (Å²) < 4.78 is 0. The van der Waals surface area contributed by atoms with Gasteiger partial charge in [0, 0.05) is 19.6 Å². The van der Waals surface area contributed by atoms with E-state index in [0.717, 1.165) is 6.42 Å². The Bertz CT molecular complexity index is 422. The number of hydrogen-bond acceptors (Lipinski definition) is 2. The van der Waals surface area contributed by atoms with Gasteiger partial charge in [-0.05, 0) is 17.8 Å². The maximum absolute atomic E-state index is 12.1. The Morgan fingerprint density at radius 1 is 1.38 bits per heavy atom. The van der Waals surface area contributed by atoms with E-state index in [-0.39, 0.29) is 23.9 Å². The summed E-state index contributed by atoms with van der Waals surface area (Å²) in [7, 11) is 0. The number of nitrogens with zero attached hydrogens (tertiary/aromatic N) is 1. The van der Waals surface area contributed by atoms with Crippen LogP contribution >= 0.6 is 0 Å². The zero-order chi connectivity index (χ0) is 16.2. The van der Waals surface area contributed by atoms with Gasteiger partial charge in [0.05, 0.1) is 5.92 Å². The zero-order valence-electron chi connectivity index (χ0n) is 13.8. The molecular weight excluding hydrogens is 268 g/mol. The molecule has 21 heavy (non-hydrogen) atoms. The summed E-state index contributed by atoms with van der Waals surface area (Å²) in [4.78, 5) is 24.9. The molecule has 0 bridgehead atoms. The zero-order valence-corrected chi connectivity index (χ0v) is 13.8. The Hall–Kier alpha value is -1.52. The van der Waals surface area contributed by atoms with Gasteiger partial charge in [-0.3, -0.25) is 4.79 Å². The van der Waals surface area contributed by atoms with Gasteiger partial charge in [0.15, 0.2) is 0 Å². The lowest BCUT2D eigenvalue weighted by Crippen LogP contribution is -2.45. The SMILES string of the molecule is CC(C)C(CNC(=O)N1CC=C(C(C)(C)C)CC1)C(=O)O. The number of carbonyl (C=O) groups excluding carboxylic acids is 1. The first-order chi connectivity index (χ1) is 9.62. The molecule has 1 rings (SSSR count). The molecule has 0 aromatic rings. The largest absolute Gasteiger partial charge is 0.481 e. The molecule has 0 spiro atoms. The molecule has 5 heteroatoms. The van der Waals surface area contributed by atoms with Crippen molar-refractivity contribution >= 4 is 12.0 Å². The second-order valence-electron chi connectivity index (χ2n) is 7.05. The molecule has 0 aromatic heterocycles. The van der Waals surface area contributed by atoms with Crippen LogP contribution in [0.25, 0.3) is 0 Å². The fourth-order valence-corrected chi connectivity index (χ4v) is 2.45. The average Bonchev–Trinajstić information content (AvgIpc) is 2.37. The van der Waals surface area contributed by atoms with E-state index in [1.54, 1.807) is 4.90 Å². The number of aliphatic carboxylic acids is 1. The van der Waals surface area contributed by atoms with Crippen LogP contribution in [0.4, 0.5) is 4.79 Å². The lowest BCUT2D eigenvalue weighted by Gasteiger charge is -2.32. The number of carboxylic acid groups (broad SMARTS) is 1. The standard InChI is InChI=1S/C16H28N2O3/c1-11(2)13(14(19)20)10-17-15(21)18-8-6-12(7-9-18)16(3,4)5/h6,11,13H,7-10H2,1-5H3,(H,17,21)(H,19,20). The van der Waals surface area contributed by atoms with Crippen molar-refractivity contribution in [2.24, 2.45) is 17.3 Å². The van der Waals surface area contributed by atoms with Gasteiger partial charge in [-0.25, -0.2) is 4.79 Å². The maximum Gasteiger partial charge on any atom is 0.317 e. The van der Waals surface area contributed by atoms with Crippen LogP contribution in [-0.2, 0) is 4.79 Å². The predicted molar refractivity (Wildman–Crippen MR) is 83.1 cm³/mol. The molecule has 120 valence electrons. The van der Waals surface area contributed by atoms with Crippen molar-refractivity contribution in [2.75, 3.05) is 19.6 Å². The van der Waals surface area contributed by atoms with Crippen molar-refractivity contribution in [3.05, 3.63) is 11.6 Å². The molecule has 1 aliphatic heterocycles. The second kappa shape index (κ2) is 6.96. The van der Waals surface area contributed by atoms with E-state index in [9.17, 15) is 9.59 Å². The Labute approximate surface area is 127 Å². The molecule has 0 radical (unpaired) electrons. The highest BCUT2D eigenvalue weighted by Gasteiger charge is 2.26. The third kappa shape index (κ3) is 5.06. The minimum absolute atomic E-state index is 0.00320. The Morgan fingerprint density at radius 2 is 2.00 bits per heavy atom. The average molecular weight is 296 g/mol. The monoisotopic (exact) mass is 296 g/mol. The molecule has 0 saturated carbocycles. The van der Waals surface area contributed by atoms with Crippen molar-refractivity contribution in [1.82, 2.24) is 10.2 Å². The minimum atomic E-state index is -0.862. The third-order valence-electron chi connectivity index (χ3n) is 4.05. The first kappa shape index (κ1) is 17.5. The Morgan fingerprint density at radius 3 is 2.38 bits per heavy atom. The molecule has 0 fully saturated rings. The van der Waals surface area contributed by atoms with Crippen molar-refractivity contribution in [2.45, 2.75) is 41.0 Å². The lowest BCUT2D eigenvalue weighted by atomic mass is 9.83. The van der Waals surface area contributed by atoms with Crippen molar-refractivity contribution in [3.63, 3.8) is 0 Å². The molecule has 0 aliphatic carbocycles. The summed E-state index contributed by atoms with van der Waals surface area (Å²) in [5, 5.41) is 11.9. The predicted octanol–water partition coefficient (Wildman–Crippen LogP) is 2.73. The fourth-order valence-electron chi connectivity index (χ4n) is 2.45. The van der Waals surface area contributed by atoms with E-state index < -0.39 is 11.9 Å². The summed E-state index contributed by atoms with van der Waals surface area (Å²) in [5.41, 5.74) is 1.52. The van der Waals surface area contributed by atoms with Crippen LogP contribution in [0.1, 0.15) is 41.0 Å². The number of urea groups is 1. The molecule has 0 aromatic carbocycles. The van der Waals surface area contributed by atoms with Crippen molar-refractivity contribution < 1.29 is 14.7 Å². The summed E-state index contributed by atoms with van der Waals surface area (Å²) in [5.74, 6) is -1.41. The number of carboxylic acids is 1. The van der Waals surface area contributed by atoms with E-state index in [1.165, 1.54) is 5.57 Å². The van der Waals surface area contributed by atoms with Gasteiger partial charge >= 0.3 is 12.0 Å². The van der Waals surface area contributed by atoms with Gasteiger partial charge in [-0.15, -0.1) is 0 Å². The first-order valence-corrected chi connectivity index (χ1v) is 7.58. The van der Waals surface area contributed by atoms with Crippen LogP contribution in [0, 0.1) is 17.3 Å². The van der Waals surface area contributed by atoms with E-state index in [2.05, 4.69) is 32.2 Å². The number of hydrogen-bond donors (Lipinski definition) is 2. The highest BCUT2D eigenvalue weighted by atomic mass is 16.4. The van der Waals surface area contributed by atoms with E-state index in [4.69, 9.17) is 5.11 Å². The summed E-state index contributed by atoms with van der Waals surface area (Å²) in [6, 6.07) is -0.175. The molecule has 5 nitrogen and oxygen atoms in total. The number of nitrogens with one attached hydrogen (secondary N) is 1. The van der Waals surface area contributed by atoms with Crippen LogP contribution in [0.5, 0.6) is 0 Å². The van der Waals surface area contributed by atoms with Gasteiger partial charge in [0.2, 0.25) is 0 Å². The molecule has 1 unspecified atom stereocenters. The minimum Gasteiger partial charge on any atom is -0.481 e. The second-order valence-corrected chi connectivity index (χ2v) is 7.05. The van der Waals surface area contributed by atoms with Crippen molar-refractivity contribution in [3.8, 4) is 0 Å². The number of rotatable bonds is 4. The molecular formula is C16H28N2O3. The van der Waals surface area contributed by atoms with Crippen LogP contribution in [0.3, 0.4) is 0 Å². The van der Waals surface area contributed by atoms with Gasteiger partial charge in [-0.2, -0.15) is 0 Å². The van der Waals surface area contributed by atoms with E-state index >= 15 is 0 Å². The quantitative estimate of drug-likeness (QED) is 0.784. The van der Waals surface area contributed by atoms with Gasteiger partial charge < -0.3 is 15.3 Å². The van der Waals surface area contributed by atoms with Crippen LogP contribution < -0.4 is 5.32 Å². The lowest BCUT2D eigenvalue weighted by molar-refractivity contribution is -0.142. The fraction of sp³-hybridized carbons (Fsp3) is 0.750. The van der Waals surface area contributed by atoms with Crippen LogP contribution in [0.2, 0.25) is 0 Å². The Kier molecular flexibility index (Phi) is 5.81. The van der Waals surface area contributed by atoms with Gasteiger partial charge in [0.1, 0.15) is 0 Å². The smallest absolute Gasteiger partial charge is 0.317 e. The topological polar surface area (TPSA) is 69.6 Å². The van der Waals surface area contributed by atoms with Gasteiger partial charge in [0.25, 0.3) is 0 Å². The van der Waals surface area contributed by atoms with Gasteiger partial charge in [-0.1, -0.05) is 46.3 Å².